The Kier molecular flexibility index (Phi) is 3.31. The van der Waals surface area contributed by atoms with Crippen LogP contribution in [0.25, 0.3) is 11.1 Å². The summed E-state index contributed by atoms with van der Waals surface area (Å²) in [5, 5.41) is 0. The quantitative estimate of drug-likeness (QED) is 0.653. The molecule has 0 radical (unpaired) electrons. The average Bonchev–Trinajstić information content (AvgIpc) is 2.44. The lowest BCUT2D eigenvalue weighted by atomic mass is 9.99. The zero-order valence-corrected chi connectivity index (χ0v) is 10.4. The van der Waals surface area contributed by atoms with Crippen LogP contribution >= 0.6 is 0 Å². The Morgan fingerprint density at radius 1 is 0.889 bits per heavy atom. The summed E-state index contributed by atoms with van der Waals surface area (Å²) in [4.78, 5) is 0. The summed E-state index contributed by atoms with van der Waals surface area (Å²) < 4.78 is 15.8. The molecule has 18 heavy (non-hydrogen) atoms. The van der Waals surface area contributed by atoms with Gasteiger partial charge in [-0.2, -0.15) is 0 Å². The van der Waals surface area contributed by atoms with E-state index in [-0.39, 0.29) is 0 Å². The average molecular weight is 236 g/mol. The molecule has 0 bridgehead atoms. The van der Waals surface area contributed by atoms with E-state index in [0.717, 1.165) is 22.3 Å². The first-order chi connectivity index (χ1) is 9.65. The SMILES string of the molecule is [2H]c1ccc(-c2ccc([2H])c(CC=C)c2)cc1CC=C. The van der Waals surface area contributed by atoms with E-state index in [1.54, 1.807) is 0 Å². The van der Waals surface area contributed by atoms with Crippen LogP contribution in [0.15, 0.2) is 73.8 Å². The molecule has 0 nitrogen and oxygen atoms in total. The molecule has 0 N–H and O–H groups in total. The molecule has 90 valence electrons. The second kappa shape index (κ2) is 6.02. The third-order valence-corrected chi connectivity index (χ3v) is 2.78. The van der Waals surface area contributed by atoms with Crippen molar-refractivity contribution in [2.45, 2.75) is 12.8 Å². The highest BCUT2D eigenvalue weighted by Crippen LogP contribution is 2.22. The lowest BCUT2D eigenvalue weighted by Crippen LogP contribution is -1.85. The molecular weight excluding hydrogens is 216 g/mol. The predicted molar refractivity (Wildman–Crippen MR) is 79.7 cm³/mol. The van der Waals surface area contributed by atoms with Crippen LogP contribution in [-0.4, -0.2) is 0 Å². The third-order valence-electron chi connectivity index (χ3n) is 2.78. The van der Waals surface area contributed by atoms with Crippen molar-refractivity contribution in [1.82, 2.24) is 0 Å². The van der Waals surface area contributed by atoms with E-state index in [4.69, 9.17) is 2.74 Å². The van der Waals surface area contributed by atoms with E-state index in [2.05, 4.69) is 13.2 Å². The Morgan fingerprint density at radius 3 is 1.72 bits per heavy atom. The summed E-state index contributed by atoms with van der Waals surface area (Å²) in [5.41, 5.74) is 4.08. The normalized spacial score (nSPS) is 11.6. The van der Waals surface area contributed by atoms with Gasteiger partial charge in [-0.15, -0.1) is 13.2 Å². The predicted octanol–water partition coefficient (Wildman–Crippen LogP) is 4.81. The van der Waals surface area contributed by atoms with Gasteiger partial charge in [-0.05, 0) is 35.1 Å². The fraction of sp³-hybridized carbons (Fsp3) is 0.111. The molecule has 0 heteroatoms. The van der Waals surface area contributed by atoms with Gasteiger partial charge >= 0.3 is 0 Å². The van der Waals surface area contributed by atoms with E-state index in [1.165, 1.54) is 0 Å². The summed E-state index contributed by atoms with van der Waals surface area (Å²) in [7, 11) is 0. The summed E-state index contributed by atoms with van der Waals surface area (Å²) in [6, 6.07) is 12.7. The second-order valence-electron chi connectivity index (χ2n) is 4.19. The van der Waals surface area contributed by atoms with Gasteiger partial charge in [-0.25, -0.2) is 0 Å². The van der Waals surface area contributed by atoms with E-state index >= 15 is 0 Å². The topological polar surface area (TPSA) is 0 Å². The fourth-order valence-electron chi connectivity index (χ4n) is 1.94. The summed E-state index contributed by atoms with van der Waals surface area (Å²) >= 11 is 0. The second-order valence-corrected chi connectivity index (χ2v) is 4.19. The van der Waals surface area contributed by atoms with E-state index in [9.17, 15) is 0 Å². The highest BCUT2D eigenvalue weighted by molar-refractivity contribution is 5.65. The Bertz CT molecular complexity index is 584. The van der Waals surface area contributed by atoms with E-state index in [1.807, 2.05) is 48.6 Å². The van der Waals surface area contributed by atoms with Gasteiger partial charge in [0.1, 0.15) is 0 Å². The highest BCUT2D eigenvalue weighted by Gasteiger charge is 1.99. The Labute approximate surface area is 112 Å². The number of hydrogen-bond acceptors (Lipinski definition) is 0. The van der Waals surface area contributed by atoms with Gasteiger partial charge in [-0.1, -0.05) is 60.6 Å². The molecule has 0 saturated heterocycles. The molecule has 0 aliphatic heterocycles. The van der Waals surface area contributed by atoms with Gasteiger partial charge in [0.15, 0.2) is 0 Å². The van der Waals surface area contributed by atoms with Gasteiger partial charge in [-0.3, -0.25) is 0 Å². The van der Waals surface area contributed by atoms with E-state index in [0.29, 0.717) is 24.9 Å². The zero-order chi connectivity index (χ0) is 14.5. The van der Waals surface area contributed by atoms with Crippen molar-refractivity contribution in [3.8, 4) is 11.1 Å². The van der Waals surface area contributed by atoms with Crippen LogP contribution in [0.5, 0.6) is 0 Å². The number of allylic oxidation sites excluding steroid dienone is 2. The number of rotatable bonds is 5. The first-order valence-corrected chi connectivity index (χ1v) is 6.07. The summed E-state index contributed by atoms with van der Waals surface area (Å²) in [5.74, 6) is 0. The highest BCUT2D eigenvalue weighted by atomic mass is 14.0. The molecule has 0 heterocycles. The molecule has 0 atom stereocenters. The van der Waals surface area contributed by atoms with Crippen LogP contribution in [0, 0.1) is 0 Å². The van der Waals surface area contributed by atoms with Crippen LogP contribution in [0.4, 0.5) is 0 Å². The molecular formula is C18H18. The van der Waals surface area contributed by atoms with Crippen molar-refractivity contribution in [3.63, 3.8) is 0 Å². The molecule has 0 amide bonds. The van der Waals surface area contributed by atoms with Crippen molar-refractivity contribution in [2.24, 2.45) is 0 Å². The zero-order valence-electron chi connectivity index (χ0n) is 12.4. The van der Waals surface area contributed by atoms with Gasteiger partial charge in [0.25, 0.3) is 0 Å². The van der Waals surface area contributed by atoms with Crippen molar-refractivity contribution in [3.05, 3.63) is 84.9 Å². The van der Waals surface area contributed by atoms with Gasteiger partial charge < -0.3 is 0 Å². The molecule has 0 aliphatic rings. The molecule has 0 aliphatic carbocycles. The molecule has 2 aromatic rings. The van der Waals surface area contributed by atoms with Crippen molar-refractivity contribution in [1.29, 1.82) is 0 Å². The first kappa shape index (κ1) is 9.90. The monoisotopic (exact) mass is 236 g/mol. The molecule has 0 aromatic heterocycles. The number of hydrogen-bond donors (Lipinski definition) is 0. The molecule has 2 aromatic carbocycles. The Morgan fingerprint density at radius 2 is 1.33 bits per heavy atom. The lowest BCUT2D eigenvalue weighted by Gasteiger charge is -2.06. The van der Waals surface area contributed by atoms with Crippen LogP contribution in [0.1, 0.15) is 13.9 Å². The molecule has 0 spiro atoms. The van der Waals surface area contributed by atoms with Gasteiger partial charge in [0.2, 0.25) is 0 Å². The molecule has 0 fully saturated rings. The third kappa shape index (κ3) is 2.98. The maximum absolute atomic E-state index is 7.88. The smallest absolute Gasteiger partial charge is 0.0626 e. The van der Waals surface area contributed by atoms with Crippen LogP contribution in [-0.2, 0) is 12.8 Å². The summed E-state index contributed by atoms with van der Waals surface area (Å²) in [6.45, 7) is 7.46. The van der Waals surface area contributed by atoms with Crippen molar-refractivity contribution < 1.29 is 2.74 Å². The van der Waals surface area contributed by atoms with E-state index < -0.39 is 0 Å². The van der Waals surface area contributed by atoms with Crippen molar-refractivity contribution >= 4 is 0 Å². The van der Waals surface area contributed by atoms with Crippen molar-refractivity contribution in [2.75, 3.05) is 0 Å². The largest absolute Gasteiger partial charge is 0.103 e. The van der Waals surface area contributed by atoms with Crippen LogP contribution in [0.2, 0.25) is 0 Å². The standard InChI is InChI=1S/C18H18/c1-3-7-15-9-5-11-17(13-15)18-12-6-10-16(14-18)8-4-2/h3-6,9-14H,1-2,7-8H2/i9D,10D. The summed E-state index contributed by atoms with van der Waals surface area (Å²) in [6.07, 6.45) is 5.02. The molecule has 0 unspecified atom stereocenters. The van der Waals surface area contributed by atoms with Gasteiger partial charge in [0.05, 0.1) is 2.74 Å². The minimum Gasteiger partial charge on any atom is -0.103 e. The lowest BCUT2D eigenvalue weighted by molar-refractivity contribution is 1.27. The Hall–Kier alpha value is -2.08. The van der Waals surface area contributed by atoms with Gasteiger partial charge in [0, 0.05) is 0 Å². The minimum absolute atomic E-state index is 0.539. The van der Waals surface area contributed by atoms with Crippen LogP contribution < -0.4 is 0 Å². The fourth-order valence-corrected chi connectivity index (χ4v) is 1.94. The van der Waals surface area contributed by atoms with Crippen LogP contribution in [0.3, 0.4) is 0 Å². The minimum atomic E-state index is 0.539. The Balaban J connectivity index is 2.45. The molecule has 2 rings (SSSR count). The first-order valence-electron chi connectivity index (χ1n) is 7.07. The molecule has 0 saturated carbocycles. The maximum Gasteiger partial charge on any atom is 0.0626 e. The maximum atomic E-state index is 7.88. The number of benzene rings is 2.